The molecule has 0 saturated carbocycles. The number of carboxylic acids is 1. The molecule has 0 bridgehead atoms. The number of aliphatic carboxylic acids is 1. The topological polar surface area (TPSA) is 66.4 Å². The van der Waals surface area contributed by atoms with Gasteiger partial charge in [0.15, 0.2) is 0 Å². The minimum Gasteiger partial charge on any atom is -0.480 e. The lowest BCUT2D eigenvalue weighted by Gasteiger charge is -2.14. The predicted octanol–water partition coefficient (Wildman–Crippen LogP) is 4.15. The van der Waals surface area contributed by atoms with Gasteiger partial charge in [-0.3, -0.25) is 4.79 Å². The van der Waals surface area contributed by atoms with Crippen molar-refractivity contribution in [1.29, 1.82) is 0 Å². The maximum Gasteiger partial charge on any atom is 0.326 e. The molecule has 0 saturated heterocycles. The molecule has 4 nitrogen and oxygen atoms in total. The molecule has 1 aromatic carbocycles. The molecule has 1 rings (SSSR count). The fourth-order valence-electron chi connectivity index (χ4n) is 2.37. The molecule has 5 heteroatoms. The van der Waals surface area contributed by atoms with Crippen LogP contribution in [-0.4, -0.2) is 23.0 Å². The molecule has 128 valence electrons. The quantitative estimate of drug-likeness (QED) is 0.409. The van der Waals surface area contributed by atoms with Gasteiger partial charge in [0, 0.05) is 9.99 Å². The van der Waals surface area contributed by atoms with Crippen molar-refractivity contribution >= 4 is 34.5 Å². The summed E-state index contributed by atoms with van der Waals surface area (Å²) in [4.78, 5) is 22.9. The van der Waals surface area contributed by atoms with Crippen LogP contribution in [0.2, 0.25) is 0 Å². The maximum absolute atomic E-state index is 11.8. The minimum absolute atomic E-state index is 0.150. The lowest BCUT2D eigenvalue weighted by molar-refractivity contribution is -0.142. The third-order valence-corrected chi connectivity index (χ3v) is 4.48. The van der Waals surface area contributed by atoms with E-state index in [0.717, 1.165) is 38.5 Å². The van der Waals surface area contributed by atoms with E-state index in [9.17, 15) is 9.59 Å². The summed E-state index contributed by atoms with van der Waals surface area (Å²) in [5.41, 5.74) is 1.32. The van der Waals surface area contributed by atoms with Crippen molar-refractivity contribution < 1.29 is 14.7 Å². The Morgan fingerprint density at radius 3 is 2.43 bits per heavy atom. The highest BCUT2D eigenvalue weighted by Gasteiger charge is 2.18. The second-order valence-electron chi connectivity index (χ2n) is 5.79. The Labute approximate surface area is 152 Å². The number of hydrogen-bond donors (Lipinski definition) is 2. The molecule has 0 radical (unpaired) electrons. The number of aryl methyl sites for hydroxylation is 1. The van der Waals surface area contributed by atoms with E-state index in [0.29, 0.717) is 12.8 Å². The molecule has 0 aliphatic heterocycles. The first kappa shape index (κ1) is 19.9. The van der Waals surface area contributed by atoms with Crippen LogP contribution in [0.3, 0.4) is 0 Å². The number of benzene rings is 1. The van der Waals surface area contributed by atoms with Gasteiger partial charge < -0.3 is 10.4 Å². The maximum atomic E-state index is 11.8. The minimum atomic E-state index is -0.939. The standard InChI is InChI=1S/C18H26INO3/c1-2-3-8-16(18(22)23)20-17(21)9-6-4-5-7-14-10-12-15(19)13-11-14/h10-13,16H,2-9H2,1H3,(H,20,21)(H,22,23). The molecule has 0 spiro atoms. The fraction of sp³-hybridized carbons (Fsp3) is 0.556. The molecular weight excluding hydrogens is 405 g/mol. The Kier molecular flexibility index (Phi) is 9.91. The van der Waals surface area contributed by atoms with E-state index in [4.69, 9.17) is 5.11 Å². The van der Waals surface area contributed by atoms with Gasteiger partial charge in [0.1, 0.15) is 6.04 Å². The van der Waals surface area contributed by atoms with Gasteiger partial charge in [-0.2, -0.15) is 0 Å². The molecule has 23 heavy (non-hydrogen) atoms. The second kappa shape index (κ2) is 11.4. The van der Waals surface area contributed by atoms with Crippen LogP contribution in [0, 0.1) is 3.57 Å². The van der Waals surface area contributed by atoms with Gasteiger partial charge in [0.05, 0.1) is 0 Å². The first-order chi connectivity index (χ1) is 11.0. The van der Waals surface area contributed by atoms with Crippen LogP contribution >= 0.6 is 22.6 Å². The van der Waals surface area contributed by atoms with Crippen molar-refractivity contribution in [2.24, 2.45) is 0 Å². The van der Waals surface area contributed by atoms with Crippen LogP contribution < -0.4 is 5.32 Å². The molecule has 0 aliphatic carbocycles. The zero-order chi connectivity index (χ0) is 17.1. The van der Waals surface area contributed by atoms with Gasteiger partial charge in [-0.15, -0.1) is 0 Å². The molecule has 1 aromatic rings. The molecule has 0 fully saturated rings. The SMILES string of the molecule is CCCCC(NC(=O)CCCCCc1ccc(I)cc1)C(=O)O. The van der Waals surface area contributed by atoms with Crippen LogP contribution in [0.1, 0.15) is 57.4 Å². The van der Waals surface area contributed by atoms with Gasteiger partial charge >= 0.3 is 5.97 Å². The van der Waals surface area contributed by atoms with Crippen LogP contribution in [0.4, 0.5) is 0 Å². The van der Waals surface area contributed by atoms with E-state index in [-0.39, 0.29) is 5.91 Å². The predicted molar refractivity (Wildman–Crippen MR) is 100 cm³/mol. The number of carboxylic acid groups (broad SMARTS) is 1. The Balaban J connectivity index is 2.17. The second-order valence-corrected chi connectivity index (χ2v) is 7.03. The van der Waals surface area contributed by atoms with Crippen molar-refractivity contribution in [2.45, 2.75) is 64.3 Å². The largest absolute Gasteiger partial charge is 0.480 e. The Morgan fingerprint density at radius 1 is 1.13 bits per heavy atom. The molecular formula is C18H26INO3. The summed E-state index contributed by atoms with van der Waals surface area (Å²) in [5, 5.41) is 11.7. The van der Waals surface area contributed by atoms with Crippen LogP contribution in [0.25, 0.3) is 0 Å². The summed E-state index contributed by atoms with van der Waals surface area (Å²) >= 11 is 2.29. The number of hydrogen-bond acceptors (Lipinski definition) is 2. The fourth-order valence-corrected chi connectivity index (χ4v) is 2.73. The van der Waals surface area contributed by atoms with Crippen molar-refractivity contribution in [1.82, 2.24) is 5.32 Å². The number of carbonyl (C=O) groups is 2. The summed E-state index contributed by atoms with van der Waals surface area (Å²) in [6, 6.07) is 7.74. The molecule has 2 N–H and O–H groups in total. The lowest BCUT2D eigenvalue weighted by Crippen LogP contribution is -2.40. The highest BCUT2D eigenvalue weighted by Crippen LogP contribution is 2.11. The average Bonchev–Trinajstić information content (AvgIpc) is 2.52. The number of nitrogens with one attached hydrogen (secondary N) is 1. The normalized spacial score (nSPS) is 11.9. The Morgan fingerprint density at radius 2 is 1.83 bits per heavy atom. The van der Waals surface area contributed by atoms with Gasteiger partial charge in [-0.1, -0.05) is 38.3 Å². The van der Waals surface area contributed by atoms with E-state index in [2.05, 4.69) is 52.2 Å². The number of halogens is 1. The molecule has 1 unspecified atom stereocenters. The van der Waals surface area contributed by atoms with Crippen LogP contribution in [0.15, 0.2) is 24.3 Å². The van der Waals surface area contributed by atoms with Gasteiger partial charge in [0.25, 0.3) is 0 Å². The van der Waals surface area contributed by atoms with E-state index in [1.807, 2.05) is 6.92 Å². The van der Waals surface area contributed by atoms with Gasteiger partial charge in [0.2, 0.25) is 5.91 Å². The van der Waals surface area contributed by atoms with Crippen molar-refractivity contribution in [3.8, 4) is 0 Å². The average molecular weight is 431 g/mol. The lowest BCUT2D eigenvalue weighted by atomic mass is 10.1. The molecule has 0 aromatic heterocycles. The zero-order valence-electron chi connectivity index (χ0n) is 13.7. The van der Waals surface area contributed by atoms with Crippen LogP contribution in [-0.2, 0) is 16.0 Å². The van der Waals surface area contributed by atoms with Crippen molar-refractivity contribution in [3.05, 3.63) is 33.4 Å². The highest BCUT2D eigenvalue weighted by atomic mass is 127. The number of carbonyl (C=O) groups excluding carboxylic acids is 1. The monoisotopic (exact) mass is 431 g/mol. The van der Waals surface area contributed by atoms with Crippen LogP contribution in [0.5, 0.6) is 0 Å². The smallest absolute Gasteiger partial charge is 0.326 e. The molecule has 0 heterocycles. The third kappa shape index (κ3) is 8.93. The summed E-state index contributed by atoms with van der Waals surface area (Å²) < 4.78 is 1.24. The van der Waals surface area contributed by atoms with Crippen molar-refractivity contribution in [3.63, 3.8) is 0 Å². The molecule has 1 atom stereocenters. The summed E-state index contributed by atoms with van der Waals surface area (Å²) in [5.74, 6) is -1.09. The highest BCUT2D eigenvalue weighted by molar-refractivity contribution is 14.1. The number of rotatable bonds is 11. The van der Waals surface area contributed by atoms with Gasteiger partial charge in [-0.25, -0.2) is 4.79 Å². The first-order valence-electron chi connectivity index (χ1n) is 8.29. The number of amides is 1. The van der Waals surface area contributed by atoms with E-state index < -0.39 is 12.0 Å². The molecule has 1 amide bonds. The Hall–Kier alpha value is -1.11. The first-order valence-corrected chi connectivity index (χ1v) is 9.37. The molecule has 0 aliphatic rings. The van der Waals surface area contributed by atoms with Gasteiger partial charge in [-0.05, 0) is 66.0 Å². The summed E-state index contributed by atoms with van der Waals surface area (Å²) in [7, 11) is 0. The third-order valence-electron chi connectivity index (χ3n) is 3.76. The summed E-state index contributed by atoms with van der Waals surface area (Å²) in [6.45, 7) is 2.01. The number of unbranched alkanes of at least 4 members (excludes halogenated alkanes) is 3. The van der Waals surface area contributed by atoms with E-state index in [1.165, 1.54) is 9.13 Å². The van der Waals surface area contributed by atoms with Crippen molar-refractivity contribution in [2.75, 3.05) is 0 Å². The van der Waals surface area contributed by atoms with E-state index >= 15 is 0 Å². The van der Waals surface area contributed by atoms with E-state index in [1.54, 1.807) is 0 Å². The zero-order valence-corrected chi connectivity index (χ0v) is 15.8. The Bertz CT molecular complexity index is 488. The summed E-state index contributed by atoms with van der Waals surface area (Å²) in [6.07, 6.45) is 6.50.